The van der Waals surface area contributed by atoms with E-state index in [2.05, 4.69) is 20.9 Å². The van der Waals surface area contributed by atoms with Crippen molar-refractivity contribution in [2.75, 3.05) is 33.8 Å². The van der Waals surface area contributed by atoms with Crippen molar-refractivity contribution in [3.63, 3.8) is 0 Å². The Balaban J connectivity index is 1.86. The van der Waals surface area contributed by atoms with Crippen molar-refractivity contribution in [2.45, 2.75) is 130 Å². The number of carbonyl (C=O) groups is 5. The minimum atomic E-state index is -1.15. The van der Waals surface area contributed by atoms with E-state index in [-0.39, 0.29) is 66.3 Å². The SMILES string of the molecule is CCCCNC(=O)CN(C(=O)C(NC(=O)C1CCCCN1C)C(C)CC)C(CC(O)c1nc(C(=O)NC(Cc2ccccc2)CC(C)C(=O)OC)cs1)C(C)C. The second-order valence-corrected chi connectivity index (χ2v) is 16.6. The first-order valence-electron chi connectivity index (χ1n) is 20.3. The molecule has 14 heteroatoms. The third kappa shape index (κ3) is 13.9. The molecule has 3 rings (SSSR count). The van der Waals surface area contributed by atoms with Crippen LogP contribution < -0.4 is 16.0 Å². The number of hydrogen-bond donors (Lipinski definition) is 4. The van der Waals surface area contributed by atoms with Crippen molar-refractivity contribution in [2.24, 2.45) is 17.8 Å². The summed E-state index contributed by atoms with van der Waals surface area (Å²) >= 11 is 1.14. The lowest BCUT2D eigenvalue weighted by atomic mass is 9.92. The van der Waals surface area contributed by atoms with Gasteiger partial charge in [0.1, 0.15) is 22.8 Å². The first kappa shape index (κ1) is 46.5. The number of esters is 1. The van der Waals surface area contributed by atoms with Crippen LogP contribution in [0.4, 0.5) is 0 Å². The first-order valence-corrected chi connectivity index (χ1v) is 21.2. The minimum Gasteiger partial charge on any atom is -0.469 e. The summed E-state index contributed by atoms with van der Waals surface area (Å²) in [6, 6.07) is 7.47. The van der Waals surface area contributed by atoms with Crippen LogP contribution in [0.3, 0.4) is 0 Å². The molecule has 4 amide bonds. The van der Waals surface area contributed by atoms with Crippen molar-refractivity contribution in [1.82, 2.24) is 30.7 Å². The molecule has 7 unspecified atom stereocenters. The number of nitrogens with zero attached hydrogens (tertiary/aromatic N) is 3. The fourth-order valence-electron chi connectivity index (χ4n) is 7.20. The van der Waals surface area contributed by atoms with Crippen molar-refractivity contribution in [3.8, 4) is 0 Å². The van der Waals surface area contributed by atoms with E-state index >= 15 is 0 Å². The zero-order valence-electron chi connectivity index (χ0n) is 34.7. The number of unbranched alkanes of at least 4 members (excludes halogenated alkanes) is 1. The maximum absolute atomic E-state index is 14.7. The molecule has 2 aromatic rings. The summed E-state index contributed by atoms with van der Waals surface area (Å²) in [4.78, 5) is 75.5. The van der Waals surface area contributed by atoms with Crippen LogP contribution in [0.15, 0.2) is 35.7 Å². The van der Waals surface area contributed by atoms with Crippen molar-refractivity contribution < 1.29 is 33.8 Å². The fourth-order valence-corrected chi connectivity index (χ4v) is 8.00. The summed E-state index contributed by atoms with van der Waals surface area (Å²) in [7, 11) is 3.26. The largest absolute Gasteiger partial charge is 0.469 e. The van der Waals surface area contributed by atoms with Crippen LogP contribution >= 0.6 is 11.3 Å². The number of ether oxygens (including phenoxy) is 1. The van der Waals surface area contributed by atoms with Gasteiger partial charge in [0.25, 0.3) is 5.91 Å². The molecule has 0 saturated carbocycles. The van der Waals surface area contributed by atoms with Gasteiger partial charge in [-0.15, -0.1) is 11.3 Å². The standard InChI is InChI=1S/C42H66N6O7S/c1-9-11-20-43-36(50)25-48(41(53)37(28(5)10-2)46-39(52)33-19-15-16-21-47(33)7)34(27(3)4)24-35(49)40-45-32(26-56-40)38(51)44-31(22-29(6)42(54)55-8)23-30-17-13-12-14-18-30/h12-14,17-18,26-29,31,33-35,37,49H,9-11,15-16,19-25H2,1-8H3,(H,43,50)(H,44,51)(H,46,52). The Morgan fingerprint density at radius 3 is 2.38 bits per heavy atom. The zero-order chi connectivity index (χ0) is 41.4. The molecule has 1 aliphatic rings. The molecule has 0 radical (unpaired) electrons. The monoisotopic (exact) mass is 798 g/mol. The number of nitrogens with one attached hydrogen (secondary N) is 3. The van der Waals surface area contributed by atoms with E-state index in [9.17, 15) is 29.1 Å². The quantitative estimate of drug-likeness (QED) is 0.0957. The number of methoxy groups -OCH3 is 1. The molecule has 1 fully saturated rings. The Kier molecular flexibility index (Phi) is 19.4. The summed E-state index contributed by atoms with van der Waals surface area (Å²) in [5.74, 6) is -2.53. The molecule has 0 bridgehead atoms. The number of piperidine rings is 1. The van der Waals surface area contributed by atoms with E-state index < -0.39 is 30.0 Å². The molecule has 4 N–H and O–H groups in total. The van der Waals surface area contributed by atoms with Crippen molar-refractivity contribution in [1.29, 1.82) is 0 Å². The van der Waals surface area contributed by atoms with Gasteiger partial charge in [0.15, 0.2) is 0 Å². The molecular formula is C42H66N6O7S. The number of aliphatic hydroxyl groups is 1. The fraction of sp³-hybridized carbons (Fsp3) is 0.667. The lowest BCUT2D eigenvalue weighted by molar-refractivity contribution is -0.145. The molecular weight excluding hydrogens is 733 g/mol. The molecule has 312 valence electrons. The van der Waals surface area contributed by atoms with E-state index in [1.165, 1.54) is 12.0 Å². The normalized spacial score (nSPS) is 17.9. The van der Waals surface area contributed by atoms with Gasteiger partial charge in [-0.3, -0.25) is 28.9 Å². The molecule has 13 nitrogen and oxygen atoms in total. The van der Waals surface area contributed by atoms with E-state index in [0.717, 1.165) is 49.1 Å². The first-order chi connectivity index (χ1) is 26.7. The van der Waals surface area contributed by atoms with Gasteiger partial charge in [0.05, 0.1) is 25.6 Å². The van der Waals surface area contributed by atoms with Crippen LogP contribution in [0.1, 0.15) is 120 Å². The van der Waals surface area contributed by atoms with Gasteiger partial charge in [-0.25, -0.2) is 4.98 Å². The molecule has 0 spiro atoms. The molecule has 2 heterocycles. The smallest absolute Gasteiger partial charge is 0.308 e. The third-order valence-corrected chi connectivity index (χ3v) is 11.8. The Morgan fingerprint density at radius 1 is 1.04 bits per heavy atom. The van der Waals surface area contributed by atoms with Crippen LogP contribution in [0.25, 0.3) is 0 Å². The predicted octanol–water partition coefficient (Wildman–Crippen LogP) is 4.89. The van der Waals surface area contributed by atoms with Gasteiger partial charge in [-0.2, -0.15) is 0 Å². The number of likely N-dealkylation sites (N-methyl/N-ethyl adjacent to an activating group) is 1. The van der Waals surface area contributed by atoms with E-state index in [1.807, 2.05) is 76.9 Å². The van der Waals surface area contributed by atoms with Crippen LogP contribution in [-0.2, 0) is 30.3 Å². The molecule has 7 atom stereocenters. The second kappa shape index (κ2) is 23.4. The zero-order valence-corrected chi connectivity index (χ0v) is 35.5. The van der Waals surface area contributed by atoms with Crippen LogP contribution in [0.2, 0.25) is 0 Å². The lowest BCUT2D eigenvalue weighted by Gasteiger charge is -2.39. The number of benzene rings is 1. The number of likely N-dealkylation sites (tertiary alicyclic amines) is 1. The highest BCUT2D eigenvalue weighted by Crippen LogP contribution is 2.29. The van der Waals surface area contributed by atoms with E-state index in [1.54, 1.807) is 12.3 Å². The van der Waals surface area contributed by atoms with E-state index in [4.69, 9.17) is 4.74 Å². The Morgan fingerprint density at radius 2 is 1.75 bits per heavy atom. The summed E-state index contributed by atoms with van der Waals surface area (Å²) in [6.45, 7) is 12.6. The van der Waals surface area contributed by atoms with Gasteiger partial charge in [0, 0.05) is 30.4 Å². The van der Waals surface area contributed by atoms with Crippen molar-refractivity contribution >= 4 is 40.9 Å². The van der Waals surface area contributed by atoms with Crippen molar-refractivity contribution in [3.05, 3.63) is 52.0 Å². The minimum absolute atomic E-state index is 0.0556. The maximum atomic E-state index is 14.7. The second-order valence-electron chi connectivity index (χ2n) is 15.7. The number of thiazole rings is 1. The highest BCUT2D eigenvalue weighted by atomic mass is 32.1. The summed E-state index contributed by atoms with van der Waals surface area (Å²) in [5.41, 5.74) is 1.13. The molecule has 1 aliphatic heterocycles. The summed E-state index contributed by atoms with van der Waals surface area (Å²) in [6.07, 6.45) is 4.74. The van der Waals surface area contributed by atoms with Gasteiger partial charge >= 0.3 is 5.97 Å². The molecule has 1 saturated heterocycles. The van der Waals surface area contributed by atoms with E-state index in [0.29, 0.717) is 37.2 Å². The predicted molar refractivity (Wildman–Crippen MR) is 219 cm³/mol. The van der Waals surface area contributed by atoms with Crippen LogP contribution in [-0.4, -0.2) is 107 Å². The van der Waals surface area contributed by atoms with Crippen LogP contribution in [0, 0.1) is 17.8 Å². The van der Waals surface area contributed by atoms with Crippen LogP contribution in [0.5, 0.6) is 0 Å². The molecule has 1 aromatic carbocycles. The lowest BCUT2D eigenvalue weighted by Crippen LogP contribution is -2.60. The number of aliphatic hydroxyl groups excluding tert-OH is 1. The Bertz CT molecular complexity index is 1550. The maximum Gasteiger partial charge on any atom is 0.308 e. The summed E-state index contributed by atoms with van der Waals surface area (Å²) in [5, 5.41) is 22.6. The van der Waals surface area contributed by atoms with Gasteiger partial charge < -0.3 is 30.7 Å². The van der Waals surface area contributed by atoms with Gasteiger partial charge in [-0.1, -0.05) is 91.1 Å². The number of hydrogen-bond acceptors (Lipinski definition) is 10. The highest BCUT2D eigenvalue weighted by Gasteiger charge is 2.39. The Hall–Kier alpha value is -3.88. The average molecular weight is 799 g/mol. The Labute approximate surface area is 337 Å². The number of aromatic nitrogens is 1. The molecule has 0 aliphatic carbocycles. The number of amides is 4. The molecule has 56 heavy (non-hydrogen) atoms. The molecule has 1 aromatic heterocycles. The highest BCUT2D eigenvalue weighted by molar-refractivity contribution is 7.09. The van der Waals surface area contributed by atoms with Gasteiger partial charge in [0.2, 0.25) is 17.7 Å². The average Bonchev–Trinajstić information content (AvgIpc) is 3.69. The summed E-state index contributed by atoms with van der Waals surface area (Å²) < 4.78 is 4.92. The third-order valence-electron chi connectivity index (χ3n) is 10.9. The number of rotatable bonds is 22. The van der Waals surface area contributed by atoms with Gasteiger partial charge in [-0.05, 0) is 63.1 Å². The number of carbonyl (C=O) groups excluding carboxylic acids is 5. The topological polar surface area (TPSA) is 170 Å².